The number of hydrogen-bond acceptors (Lipinski definition) is 6. The van der Waals surface area contributed by atoms with Crippen molar-refractivity contribution in [2.24, 2.45) is 11.8 Å². The minimum absolute atomic E-state index is 0.298. The van der Waals surface area contributed by atoms with Crippen LogP contribution >= 0.6 is 11.3 Å². The Morgan fingerprint density at radius 3 is 2.34 bits per heavy atom. The van der Waals surface area contributed by atoms with Crippen LogP contribution in [0.3, 0.4) is 0 Å². The van der Waals surface area contributed by atoms with Crippen LogP contribution in [0.1, 0.15) is 68.7 Å². The zero-order chi connectivity index (χ0) is 23.2. The Labute approximate surface area is 190 Å². The van der Waals surface area contributed by atoms with Gasteiger partial charge < -0.3 is 10.1 Å². The molecule has 3 amide bonds. The van der Waals surface area contributed by atoms with Gasteiger partial charge in [-0.2, -0.15) is 0 Å². The van der Waals surface area contributed by atoms with Gasteiger partial charge in [-0.1, -0.05) is 32.9 Å². The smallest absolute Gasteiger partial charge is 0.341 e. The van der Waals surface area contributed by atoms with Crippen molar-refractivity contribution in [3.05, 3.63) is 51.4 Å². The lowest BCUT2D eigenvalue weighted by Crippen LogP contribution is -2.50. The average molecular weight is 455 g/mol. The molecule has 2 unspecified atom stereocenters. The quantitative estimate of drug-likeness (QED) is 0.546. The van der Waals surface area contributed by atoms with E-state index in [1.54, 1.807) is 38.1 Å². The summed E-state index contributed by atoms with van der Waals surface area (Å²) in [7, 11) is 1.32. The summed E-state index contributed by atoms with van der Waals surface area (Å²) in [6, 6.07) is 5.56. The Morgan fingerprint density at radius 1 is 1.16 bits per heavy atom. The molecule has 1 aromatic carbocycles. The summed E-state index contributed by atoms with van der Waals surface area (Å²) in [6.45, 7) is 5.74. The van der Waals surface area contributed by atoms with Gasteiger partial charge in [0.15, 0.2) is 0 Å². The molecule has 1 N–H and O–H groups in total. The van der Waals surface area contributed by atoms with Crippen molar-refractivity contribution in [3.63, 3.8) is 0 Å². The first-order chi connectivity index (χ1) is 15.2. The molecule has 2 aliphatic rings. The number of rotatable bonds is 5. The van der Waals surface area contributed by atoms with E-state index in [1.165, 1.54) is 18.4 Å². The second-order valence-electron chi connectivity index (χ2n) is 8.75. The molecule has 1 aliphatic carbocycles. The minimum Gasteiger partial charge on any atom is -0.465 e. The van der Waals surface area contributed by atoms with Crippen molar-refractivity contribution < 1.29 is 23.9 Å². The molecule has 1 aliphatic heterocycles. The molecule has 0 spiro atoms. The summed E-state index contributed by atoms with van der Waals surface area (Å²) in [6.07, 6.45) is 2.55. The number of anilines is 1. The van der Waals surface area contributed by atoms with Gasteiger partial charge >= 0.3 is 5.97 Å². The van der Waals surface area contributed by atoms with Crippen LogP contribution in [0.25, 0.3) is 0 Å². The second kappa shape index (κ2) is 8.50. The molecule has 0 saturated heterocycles. The molecule has 4 rings (SSSR count). The fourth-order valence-corrected chi connectivity index (χ4v) is 5.92. The fourth-order valence-electron chi connectivity index (χ4n) is 4.52. The van der Waals surface area contributed by atoms with Crippen LogP contribution in [0, 0.1) is 11.8 Å². The highest BCUT2D eigenvalue weighted by Gasteiger charge is 2.44. The van der Waals surface area contributed by atoms with E-state index in [2.05, 4.69) is 12.2 Å². The van der Waals surface area contributed by atoms with Gasteiger partial charge in [0.05, 0.1) is 23.8 Å². The monoisotopic (exact) mass is 454 g/mol. The highest BCUT2D eigenvalue weighted by molar-refractivity contribution is 7.17. The number of hydrogen-bond donors (Lipinski definition) is 1. The van der Waals surface area contributed by atoms with E-state index in [0.717, 1.165) is 34.6 Å². The first-order valence-electron chi connectivity index (χ1n) is 10.7. The number of fused-ring (bicyclic) bond motifs is 2. The topological polar surface area (TPSA) is 92.8 Å². The number of thiophene rings is 1. The Hall–Kier alpha value is -3.00. The van der Waals surface area contributed by atoms with Crippen molar-refractivity contribution in [2.75, 3.05) is 12.4 Å². The first-order valence-corrected chi connectivity index (χ1v) is 11.6. The van der Waals surface area contributed by atoms with Gasteiger partial charge in [-0.3, -0.25) is 19.3 Å². The Morgan fingerprint density at radius 2 is 1.78 bits per heavy atom. The normalized spacial score (nSPS) is 18.4. The third kappa shape index (κ3) is 3.62. The van der Waals surface area contributed by atoms with Crippen molar-refractivity contribution in [3.8, 4) is 0 Å². The standard InChI is InChI=1S/C24H26N2O5S/c1-12(2)19(26-22(28)14-7-5-6-8-15(14)23(26)29)20(27)25-21-18(24(30)31-4)16-10-9-13(3)11-17(16)32-21/h5-8,12-13,19H,9-11H2,1-4H3,(H,25,27). The second-order valence-corrected chi connectivity index (χ2v) is 9.86. The third-order valence-electron chi connectivity index (χ3n) is 6.14. The minimum atomic E-state index is -1.01. The van der Waals surface area contributed by atoms with Crippen LogP contribution < -0.4 is 5.32 Å². The number of nitrogens with zero attached hydrogens (tertiary/aromatic N) is 1. The predicted molar refractivity (Wildman–Crippen MR) is 121 cm³/mol. The van der Waals surface area contributed by atoms with Gasteiger partial charge in [0.2, 0.25) is 5.91 Å². The van der Waals surface area contributed by atoms with E-state index >= 15 is 0 Å². The lowest BCUT2D eigenvalue weighted by atomic mass is 9.88. The van der Waals surface area contributed by atoms with Crippen molar-refractivity contribution in [2.45, 2.75) is 46.1 Å². The lowest BCUT2D eigenvalue weighted by molar-refractivity contribution is -0.121. The molecular formula is C24H26N2O5S. The molecule has 2 atom stereocenters. The SMILES string of the molecule is COC(=O)c1c(NC(=O)C(C(C)C)N2C(=O)c3ccccc3C2=O)sc2c1CCC(C)C2. The maximum atomic E-state index is 13.4. The van der Waals surface area contributed by atoms with E-state index in [4.69, 9.17) is 4.74 Å². The highest BCUT2D eigenvalue weighted by Crippen LogP contribution is 2.40. The van der Waals surface area contributed by atoms with Crippen LogP contribution in [-0.4, -0.2) is 41.7 Å². The van der Waals surface area contributed by atoms with Gasteiger partial charge in [-0.05, 0) is 48.8 Å². The lowest BCUT2D eigenvalue weighted by Gasteiger charge is -2.28. The molecular weight excluding hydrogens is 428 g/mol. The molecule has 2 heterocycles. The predicted octanol–water partition coefficient (Wildman–Crippen LogP) is 3.92. The van der Waals surface area contributed by atoms with E-state index in [-0.39, 0.29) is 5.92 Å². The van der Waals surface area contributed by atoms with Crippen molar-refractivity contribution >= 4 is 40.0 Å². The van der Waals surface area contributed by atoms with Crippen molar-refractivity contribution in [1.29, 1.82) is 0 Å². The molecule has 0 radical (unpaired) electrons. The van der Waals surface area contributed by atoms with Gasteiger partial charge in [0.1, 0.15) is 11.0 Å². The van der Waals surface area contributed by atoms with Crippen LogP contribution in [-0.2, 0) is 22.4 Å². The molecule has 7 nitrogen and oxygen atoms in total. The first kappa shape index (κ1) is 22.2. The summed E-state index contributed by atoms with van der Waals surface area (Å²) >= 11 is 1.38. The molecule has 0 saturated carbocycles. The Balaban J connectivity index is 1.68. The number of amides is 3. The Kier molecular flexibility index (Phi) is 5.90. The highest BCUT2D eigenvalue weighted by atomic mass is 32.1. The number of nitrogens with one attached hydrogen (secondary N) is 1. The largest absolute Gasteiger partial charge is 0.465 e. The Bertz CT molecular complexity index is 1080. The summed E-state index contributed by atoms with van der Waals surface area (Å²) in [5, 5.41) is 3.28. The van der Waals surface area contributed by atoms with E-state index in [0.29, 0.717) is 27.6 Å². The maximum Gasteiger partial charge on any atom is 0.341 e. The number of ether oxygens (including phenoxy) is 1. The number of carbonyl (C=O) groups is 4. The molecule has 8 heteroatoms. The number of methoxy groups -OCH3 is 1. The van der Waals surface area contributed by atoms with E-state index in [1.807, 2.05) is 0 Å². The van der Waals surface area contributed by atoms with Gasteiger partial charge in [0, 0.05) is 4.88 Å². The molecule has 2 aromatic rings. The van der Waals surface area contributed by atoms with Crippen LogP contribution in [0.2, 0.25) is 0 Å². The van der Waals surface area contributed by atoms with Gasteiger partial charge in [-0.15, -0.1) is 11.3 Å². The van der Waals surface area contributed by atoms with Gasteiger partial charge in [-0.25, -0.2) is 4.79 Å². The summed E-state index contributed by atoms with van der Waals surface area (Å²) < 4.78 is 4.99. The molecule has 32 heavy (non-hydrogen) atoms. The van der Waals surface area contributed by atoms with E-state index in [9.17, 15) is 19.2 Å². The van der Waals surface area contributed by atoms with Gasteiger partial charge in [0.25, 0.3) is 11.8 Å². The number of carbonyl (C=O) groups excluding carboxylic acids is 4. The van der Waals surface area contributed by atoms with Crippen LogP contribution in [0.4, 0.5) is 5.00 Å². The van der Waals surface area contributed by atoms with Crippen LogP contribution in [0.5, 0.6) is 0 Å². The molecule has 0 fully saturated rings. The zero-order valence-corrected chi connectivity index (χ0v) is 19.4. The molecule has 1 aromatic heterocycles. The fraction of sp³-hybridized carbons (Fsp3) is 0.417. The van der Waals surface area contributed by atoms with E-state index < -0.39 is 29.7 Å². The van der Waals surface area contributed by atoms with Crippen LogP contribution in [0.15, 0.2) is 24.3 Å². The van der Waals surface area contributed by atoms with Crippen molar-refractivity contribution in [1.82, 2.24) is 4.90 Å². The zero-order valence-electron chi connectivity index (χ0n) is 18.6. The summed E-state index contributed by atoms with van der Waals surface area (Å²) in [5.74, 6) is -1.77. The molecule has 168 valence electrons. The number of imide groups is 1. The molecule has 0 bridgehead atoms. The number of esters is 1. The summed E-state index contributed by atoms with van der Waals surface area (Å²) in [5.41, 5.74) is 1.91. The summed E-state index contributed by atoms with van der Waals surface area (Å²) in [4.78, 5) is 54.0. The number of benzene rings is 1. The maximum absolute atomic E-state index is 13.4. The average Bonchev–Trinajstić information content (AvgIpc) is 3.23. The third-order valence-corrected chi connectivity index (χ3v) is 7.31.